The Bertz CT molecular complexity index is 597. The zero-order valence-electron chi connectivity index (χ0n) is 11.0. The smallest absolute Gasteiger partial charge is 0.0922 e. The van der Waals surface area contributed by atoms with Crippen LogP contribution in [0.1, 0.15) is 39.8 Å². The molecule has 2 aromatic rings. The Morgan fingerprint density at radius 3 is 2.80 bits per heavy atom. The average Bonchev–Trinajstić information content (AvgIpc) is 2.88. The van der Waals surface area contributed by atoms with E-state index in [0.717, 1.165) is 23.3 Å². The molecule has 4 heteroatoms. The minimum Gasteiger partial charge on any atom is -0.387 e. The summed E-state index contributed by atoms with van der Waals surface area (Å²) < 4.78 is 0. The van der Waals surface area contributed by atoms with Crippen molar-refractivity contribution in [2.24, 2.45) is 0 Å². The van der Waals surface area contributed by atoms with Crippen LogP contribution < -0.4 is 0 Å². The summed E-state index contributed by atoms with van der Waals surface area (Å²) in [6, 6.07) is 7.73. The lowest BCUT2D eigenvalue weighted by Gasteiger charge is -2.10. The van der Waals surface area contributed by atoms with Gasteiger partial charge in [0.1, 0.15) is 0 Å². The molecule has 1 N–H and O–H groups in total. The third kappa shape index (κ3) is 2.89. The Balaban J connectivity index is 1.80. The molecule has 0 saturated carbocycles. The third-order valence-corrected chi connectivity index (χ3v) is 5.99. The number of thiophene rings is 1. The van der Waals surface area contributed by atoms with E-state index in [1.54, 1.807) is 17.4 Å². The standard InChI is InChI=1S/C16H16Cl2OS/c17-12-6-3-5-11(16(12)18)8-13(19)15-9-10-4-1-2-7-14(10)20-15/h3,5-6,9,13,19H,1-2,4,7-8H2. The van der Waals surface area contributed by atoms with Gasteiger partial charge in [0.15, 0.2) is 0 Å². The topological polar surface area (TPSA) is 20.2 Å². The summed E-state index contributed by atoms with van der Waals surface area (Å²) in [6.07, 6.45) is 4.85. The Kier molecular flexibility index (Phi) is 4.37. The van der Waals surface area contributed by atoms with E-state index >= 15 is 0 Å². The molecule has 3 rings (SSSR count). The maximum atomic E-state index is 10.4. The van der Waals surface area contributed by atoms with Crippen molar-refractivity contribution in [1.82, 2.24) is 0 Å². The second kappa shape index (κ2) is 6.07. The molecule has 0 bridgehead atoms. The zero-order chi connectivity index (χ0) is 14.1. The summed E-state index contributed by atoms with van der Waals surface area (Å²) in [4.78, 5) is 2.50. The number of halogens is 2. The van der Waals surface area contributed by atoms with Gasteiger partial charge in [-0.3, -0.25) is 0 Å². The summed E-state index contributed by atoms with van der Waals surface area (Å²) in [6.45, 7) is 0. The summed E-state index contributed by atoms with van der Waals surface area (Å²) in [5, 5.41) is 11.5. The van der Waals surface area contributed by atoms with Crippen LogP contribution in [0.5, 0.6) is 0 Å². The number of hydrogen-bond donors (Lipinski definition) is 1. The SMILES string of the molecule is OC(Cc1cccc(Cl)c1Cl)c1cc2c(s1)CCCC2. The van der Waals surface area contributed by atoms with Crippen LogP contribution >= 0.6 is 34.5 Å². The molecule has 1 atom stereocenters. The number of aliphatic hydroxyl groups excluding tert-OH is 1. The van der Waals surface area contributed by atoms with Crippen molar-refractivity contribution in [3.05, 3.63) is 55.2 Å². The maximum Gasteiger partial charge on any atom is 0.0922 e. The highest BCUT2D eigenvalue weighted by molar-refractivity contribution is 7.12. The van der Waals surface area contributed by atoms with E-state index < -0.39 is 6.10 Å². The van der Waals surface area contributed by atoms with E-state index in [-0.39, 0.29) is 0 Å². The van der Waals surface area contributed by atoms with Gasteiger partial charge in [0.2, 0.25) is 0 Å². The zero-order valence-corrected chi connectivity index (χ0v) is 13.4. The molecule has 0 fully saturated rings. The van der Waals surface area contributed by atoms with Crippen LogP contribution in [-0.4, -0.2) is 5.11 Å². The van der Waals surface area contributed by atoms with Gasteiger partial charge >= 0.3 is 0 Å². The maximum absolute atomic E-state index is 10.4. The fourth-order valence-electron chi connectivity index (χ4n) is 2.69. The van der Waals surface area contributed by atoms with Crippen molar-refractivity contribution >= 4 is 34.5 Å². The molecule has 0 saturated heterocycles. The van der Waals surface area contributed by atoms with Gasteiger partial charge in [-0.05, 0) is 48.9 Å². The monoisotopic (exact) mass is 326 g/mol. The lowest BCUT2D eigenvalue weighted by Crippen LogP contribution is -2.00. The Labute approximate surface area is 133 Å². The molecular formula is C16H16Cl2OS. The normalized spacial score (nSPS) is 15.9. The molecule has 1 heterocycles. The summed E-state index contributed by atoms with van der Waals surface area (Å²) in [5.41, 5.74) is 2.32. The summed E-state index contributed by atoms with van der Waals surface area (Å²) in [7, 11) is 0. The van der Waals surface area contributed by atoms with Gasteiger partial charge < -0.3 is 5.11 Å². The van der Waals surface area contributed by atoms with Gasteiger partial charge in [0.25, 0.3) is 0 Å². The molecule has 1 aliphatic carbocycles. The van der Waals surface area contributed by atoms with Crippen LogP contribution in [0.2, 0.25) is 10.0 Å². The first-order valence-corrected chi connectivity index (χ1v) is 8.45. The second-order valence-electron chi connectivity index (χ2n) is 5.24. The number of benzene rings is 1. The fraction of sp³-hybridized carbons (Fsp3) is 0.375. The van der Waals surface area contributed by atoms with E-state index in [9.17, 15) is 5.11 Å². The predicted molar refractivity (Wildman–Crippen MR) is 86.1 cm³/mol. The highest BCUT2D eigenvalue weighted by Gasteiger charge is 2.19. The van der Waals surface area contributed by atoms with Gasteiger partial charge in [0.05, 0.1) is 16.1 Å². The Morgan fingerprint density at radius 1 is 1.20 bits per heavy atom. The molecule has 0 radical (unpaired) electrons. The second-order valence-corrected chi connectivity index (χ2v) is 7.19. The largest absolute Gasteiger partial charge is 0.387 e. The van der Waals surface area contributed by atoms with Gasteiger partial charge in [-0.2, -0.15) is 0 Å². The van der Waals surface area contributed by atoms with Crippen LogP contribution in [0.3, 0.4) is 0 Å². The van der Waals surface area contributed by atoms with Gasteiger partial charge in [-0.25, -0.2) is 0 Å². The van der Waals surface area contributed by atoms with E-state index in [4.69, 9.17) is 23.2 Å². The van der Waals surface area contributed by atoms with Crippen molar-refractivity contribution in [1.29, 1.82) is 0 Å². The lowest BCUT2D eigenvalue weighted by molar-refractivity contribution is 0.182. The first kappa shape index (κ1) is 14.4. The van der Waals surface area contributed by atoms with E-state index in [2.05, 4.69) is 6.07 Å². The Hall–Kier alpha value is -0.540. The summed E-state index contributed by atoms with van der Waals surface area (Å²) >= 11 is 13.9. The molecule has 106 valence electrons. The first-order chi connectivity index (χ1) is 9.65. The first-order valence-electron chi connectivity index (χ1n) is 6.87. The lowest BCUT2D eigenvalue weighted by atomic mass is 9.98. The van der Waals surface area contributed by atoms with Crippen LogP contribution in [0.25, 0.3) is 0 Å². The van der Waals surface area contributed by atoms with Crippen molar-refractivity contribution < 1.29 is 5.11 Å². The highest BCUT2D eigenvalue weighted by atomic mass is 35.5. The minimum atomic E-state index is -0.499. The molecule has 0 spiro atoms. The molecule has 20 heavy (non-hydrogen) atoms. The van der Waals surface area contributed by atoms with Crippen LogP contribution in [0, 0.1) is 0 Å². The number of rotatable bonds is 3. The van der Waals surface area contributed by atoms with E-state index in [1.165, 1.54) is 23.3 Å². The third-order valence-electron chi connectivity index (χ3n) is 3.79. The Morgan fingerprint density at radius 2 is 2.00 bits per heavy atom. The van der Waals surface area contributed by atoms with Crippen molar-refractivity contribution in [2.45, 2.75) is 38.2 Å². The number of hydrogen-bond acceptors (Lipinski definition) is 2. The van der Waals surface area contributed by atoms with E-state index in [1.807, 2.05) is 12.1 Å². The molecule has 1 unspecified atom stereocenters. The molecule has 1 nitrogen and oxygen atoms in total. The number of aryl methyl sites for hydroxylation is 2. The summed E-state index contributed by atoms with van der Waals surface area (Å²) in [5.74, 6) is 0. The van der Waals surface area contributed by atoms with Crippen LogP contribution in [0.15, 0.2) is 24.3 Å². The average molecular weight is 327 g/mol. The molecular weight excluding hydrogens is 311 g/mol. The molecule has 1 aromatic heterocycles. The number of aliphatic hydroxyl groups is 1. The highest BCUT2D eigenvalue weighted by Crippen LogP contribution is 2.35. The molecule has 1 aromatic carbocycles. The van der Waals surface area contributed by atoms with E-state index in [0.29, 0.717) is 16.5 Å². The van der Waals surface area contributed by atoms with Crippen molar-refractivity contribution in [3.63, 3.8) is 0 Å². The van der Waals surface area contributed by atoms with Crippen molar-refractivity contribution in [3.8, 4) is 0 Å². The van der Waals surface area contributed by atoms with Gasteiger partial charge in [0, 0.05) is 16.2 Å². The molecule has 0 amide bonds. The van der Waals surface area contributed by atoms with Gasteiger partial charge in [-0.1, -0.05) is 35.3 Å². The van der Waals surface area contributed by atoms with Crippen LogP contribution in [-0.2, 0) is 19.3 Å². The van der Waals surface area contributed by atoms with Crippen molar-refractivity contribution in [2.75, 3.05) is 0 Å². The van der Waals surface area contributed by atoms with Crippen LogP contribution in [0.4, 0.5) is 0 Å². The molecule has 0 aliphatic heterocycles. The predicted octanol–water partition coefficient (Wildman–Crippen LogP) is 5.21. The minimum absolute atomic E-state index is 0.499. The molecule has 1 aliphatic rings. The number of fused-ring (bicyclic) bond motifs is 1. The van der Waals surface area contributed by atoms with Gasteiger partial charge in [-0.15, -0.1) is 11.3 Å². The fourth-order valence-corrected chi connectivity index (χ4v) is 4.33. The quantitative estimate of drug-likeness (QED) is 0.820.